The number of aliphatic hydroxyl groups excluding tert-OH is 1. The van der Waals surface area contributed by atoms with Gasteiger partial charge < -0.3 is 5.11 Å². The molecular formula is C16H17FOS. The van der Waals surface area contributed by atoms with Crippen molar-refractivity contribution in [1.29, 1.82) is 0 Å². The average Bonchev–Trinajstić information content (AvgIpc) is 2.84. The van der Waals surface area contributed by atoms with Crippen LogP contribution in [0, 0.1) is 11.7 Å². The molecule has 0 aliphatic rings. The van der Waals surface area contributed by atoms with Crippen LogP contribution < -0.4 is 0 Å². The zero-order valence-electron chi connectivity index (χ0n) is 11.1. The first-order valence-electron chi connectivity index (χ1n) is 6.28. The Morgan fingerprint density at radius 3 is 2.63 bits per heavy atom. The van der Waals surface area contributed by atoms with Gasteiger partial charge in [-0.2, -0.15) is 0 Å². The number of hydrogen-bond acceptors (Lipinski definition) is 2. The second-order valence-electron chi connectivity index (χ2n) is 4.71. The molecule has 0 saturated carbocycles. The van der Waals surface area contributed by atoms with Gasteiger partial charge in [0.05, 0.1) is 6.61 Å². The summed E-state index contributed by atoms with van der Waals surface area (Å²) in [6, 6.07) is 10.7. The number of halogens is 1. The van der Waals surface area contributed by atoms with Crippen LogP contribution in [0.15, 0.2) is 42.0 Å². The Hall–Kier alpha value is -1.45. The maximum absolute atomic E-state index is 13.7. The van der Waals surface area contributed by atoms with E-state index in [1.807, 2.05) is 38.1 Å². The standard InChI is InChI=1S/C16H17FOS/c1-11(2)12(10-18)9-13-7-8-16(19-13)14-5-3-4-6-15(14)17/h3-9,11,18H,10H2,1-2H3. The summed E-state index contributed by atoms with van der Waals surface area (Å²) in [7, 11) is 0. The molecule has 100 valence electrons. The number of aliphatic hydroxyl groups is 1. The van der Waals surface area contributed by atoms with Crippen LogP contribution in [-0.4, -0.2) is 11.7 Å². The van der Waals surface area contributed by atoms with Gasteiger partial charge in [-0.05, 0) is 35.8 Å². The molecule has 1 aromatic heterocycles. The van der Waals surface area contributed by atoms with E-state index in [4.69, 9.17) is 0 Å². The summed E-state index contributed by atoms with van der Waals surface area (Å²) < 4.78 is 13.7. The van der Waals surface area contributed by atoms with Crippen molar-refractivity contribution < 1.29 is 9.50 Å². The highest BCUT2D eigenvalue weighted by Gasteiger charge is 2.08. The molecule has 0 atom stereocenters. The largest absolute Gasteiger partial charge is 0.392 e. The van der Waals surface area contributed by atoms with Gasteiger partial charge in [0.25, 0.3) is 0 Å². The Bertz CT molecular complexity index is 584. The van der Waals surface area contributed by atoms with Crippen molar-refractivity contribution in [2.75, 3.05) is 6.61 Å². The SMILES string of the molecule is CC(C)C(=Cc1ccc(-c2ccccc2F)s1)CO. The van der Waals surface area contributed by atoms with Gasteiger partial charge in [-0.25, -0.2) is 4.39 Å². The molecule has 0 unspecified atom stereocenters. The first kappa shape index (κ1) is 14.0. The van der Waals surface area contributed by atoms with Crippen molar-refractivity contribution in [3.05, 3.63) is 52.7 Å². The first-order valence-corrected chi connectivity index (χ1v) is 7.09. The topological polar surface area (TPSA) is 20.2 Å². The summed E-state index contributed by atoms with van der Waals surface area (Å²) in [5.74, 6) is 0.107. The average molecular weight is 276 g/mol. The number of benzene rings is 1. The van der Waals surface area contributed by atoms with E-state index in [0.717, 1.165) is 15.3 Å². The molecule has 0 amide bonds. The van der Waals surface area contributed by atoms with Gasteiger partial charge in [0.1, 0.15) is 5.82 Å². The maximum atomic E-state index is 13.7. The molecule has 1 nitrogen and oxygen atoms in total. The Labute approximate surface area is 117 Å². The van der Waals surface area contributed by atoms with Gasteiger partial charge in [0.15, 0.2) is 0 Å². The Kier molecular flexibility index (Phi) is 4.51. The molecule has 1 heterocycles. The highest BCUT2D eigenvalue weighted by atomic mass is 32.1. The zero-order valence-corrected chi connectivity index (χ0v) is 11.9. The zero-order chi connectivity index (χ0) is 13.8. The van der Waals surface area contributed by atoms with Crippen LogP contribution in [0.25, 0.3) is 16.5 Å². The van der Waals surface area contributed by atoms with E-state index >= 15 is 0 Å². The van der Waals surface area contributed by atoms with E-state index in [-0.39, 0.29) is 12.4 Å². The number of thiophene rings is 1. The van der Waals surface area contributed by atoms with Crippen molar-refractivity contribution in [2.24, 2.45) is 5.92 Å². The monoisotopic (exact) mass is 276 g/mol. The lowest BCUT2D eigenvalue weighted by molar-refractivity contribution is 0.320. The van der Waals surface area contributed by atoms with Gasteiger partial charge in [-0.15, -0.1) is 11.3 Å². The highest BCUT2D eigenvalue weighted by Crippen LogP contribution is 2.31. The molecule has 0 aliphatic heterocycles. The van der Waals surface area contributed by atoms with Crippen molar-refractivity contribution in [1.82, 2.24) is 0 Å². The maximum Gasteiger partial charge on any atom is 0.131 e. The van der Waals surface area contributed by atoms with E-state index in [1.165, 1.54) is 17.4 Å². The third-order valence-corrected chi connectivity index (χ3v) is 4.08. The van der Waals surface area contributed by atoms with Crippen LogP contribution in [-0.2, 0) is 0 Å². The van der Waals surface area contributed by atoms with Crippen LogP contribution in [0.4, 0.5) is 4.39 Å². The number of rotatable bonds is 4. The van der Waals surface area contributed by atoms with Crippen molar-refractivity contribution in [2.45, 2.75) is 13.8 Å². The second kappa shape index (κ2) is 6.13. The fourth-order valence-corrected chi connectivity index (χ4v) is 2.83. The summed E-state index contributed by atoms with van der Waals surface area (Å²) in [6.45, 7) is 4.16. The lowest BCUT2D eigenvalue weighted by Gasteiger charge is -2.06. The quantitative estimate of drug-likeness (QED) is 0.866. The van der Waals surface area contributed by atoms with Gasteiger partial charge in [-0.3, -0.25) is 0 Å². The van der Waals surface area contributed by atoms with Gasteiger partial charge in [0.2, 0.25) is 0 Å². The predicted octanol–water partition coefficient (Wildman–Crippen LogP) is 4.59. The molecule has 2 aromatic rings. The van der Waals surface area contributed by atoms with E-state index in [0.29, 0.717) is 11.5 Å². The van der Waals surface area contributed by atoms with E-state index in [1.54, 1.807) is 12.1 Å². The van der Waals surface area contributed by atoms with E-state index in [2.05, 4.69) is 0 Å². The summed E-state index contributed by atoms with van der Waals surface area (Å²) >= 11 is 1.53. The molecule has 0 aliphatic carbocycles. The molecule has 0 spiro atoms. The summed E-state index contributed by atoms with van der Waals surface area (Å²) in [4.78, 5) is 1.95. The summed E-state index contributed by atoms with van der Waals surface area (Å²) in [5.41, 5.74) is 1.61. The van der Waals surface area contributed by atoms with Crippen molar-refractivity contribution in [3.63, 3.8) is 0 Å². The van der Waals surface area contributed by atoms with E-state index < -0.39 is 0 Å². The van der Waals surface area contributed by atoms with Crippen LogP contribution in [0.2, 0.25) is 0 Å². The molecule has 1 aromatic carbocycles. The van der Waals surface area contributed by atoms with Crippen LogP contribution in [0.3, 0.4) is 0 Å². The number of hydrogen-bond donors (Lipinski definition) is 1. The molecule has 1 N–H and O–H groups in total. The van der Waals surface area contributed by atoms with Crippen LogP contribution in [0.1, 0.15) is 18.7 Å². The molecule has 2 rings (SSSR count). The molecule has 3 heteroatoms. The molecular weight excluding hydrogens is 259 g/mol. The summed E-state index contributed by atoms with van der Waals surface area (Å²) in [5, 5.41) is 9.30. The first-order chi connectivity index (χ1) is 9.11. The molecule has 0 bridgehead atoms. The third kappa shape index (κ3) is 3.31. The lowest BCUT2D eigenvalue weighted by Crippen LogP contribution is -1.98. The van der Waals surface area contributed by atoms with Crippen LogP contribution >= 0.6 is 11.3 Å². The Balaban J connectivity index is 2.32. The minimum absolute atomic E-state index is 0.0601. The minimum Gasteiger partial charge on any atom is -0.392 e. The van der Waals surface area contributed by atoms with Crippen LogP contribution in [0.5, 0.6) is 0 Å². The molecule has 0 fully saturated rings. The Morgan fingerprint density at radius 1 is 1.26 bits per heavy atom. The van der Waals surface area contributed by atoms with Crippen molar-refractivity contribution in [3.8, 4) is 10.4 Å². The Morgan fingerprint density at radius 2 is 2.00 bits per heavy atom. The van der Waals surface area contributed by atoms with Gasteiger partial charge in [-0.1, -0.05) is 32.0 Å². The smallest absolute Gasteiger partial charge is 0.131 e. The molecule has 0 saturated heterocycles. The van der Waals surface area contributed by atoms with Gasteiger partial charge in [0, 0.05) is 15.3 Å². The predicted molar refractivity (Wildman–Crippen MR) is 79.6 cm³/mol. The third-order valence-electron chi connectivity index (χ3n) is 3.02. The molecule has 0 radical (unpaired) electrons. The normalized spacial score (nSPS) is 12.2. The van der Waals surface area contributed by atoms with E-state index in [9.17, 15) is 9.50 Å². The fourth-order valence-electron chi connectivity index (χ4n) is 1.81. The minimum atomic E-state index is -0.203. The second-order valence-corrected chi connectivity index (χ2v) is 5.83. The van der Waals surface area contributed by atoms with Gasteiger partial charge >= 0.3 is 0 Å². The molecule has 19 heavy (non-hydrogen) atoms. The highest BCUT2D eigenvalue weighted by molar-refractivity contribution is 7.16. The van der Waals surface area contributed by atoms with Crippen molar-refractivity contribution >= 4 is 17.4 Å². The summed E-state index contributed by atoms with van der Waals surface area (Å²) in [6.07, 6.45) is 1.99. The lowest BCUT2D eigenvalue weighted by atomic mass is 10.0. The fraction of sp³-hybridized carbons (Fsp3) is 0.250.